The first kappa shape index (κ1) is 22.7. The van der Waals surface area contributed by atoms with E-state index in [1.807, 2.05) is 6.07 Å². The number of piperidine rings is 3. The lowest BCUT2D eigenvalue weighted by Crippen LogP contribution is -2.54. The third kappa shape index (κ3) is 4.24. The van der Waals surface area contributed by atoms with Gasteiger partial charge in [0.15, 0.2) is 0 Å². The molecule has 3 fully saturated rings. The first-order valence-corrected chi connectivity index (χ1v) is 12.2. The molecule has 180 valence electrons. The lowest BCUT2D eigenvalue weighted by molar-refractivity contribution is -0.136. The van der Waals surface area contributed by atoms with E-state index in [-0.39, 0.29) is 24.7 Å². The van der Waals surface area contributed by atoms with Crippen molar-refractivity contribution in [2.75, 3.05) is 37.6 Å². The monoisotopic (exact) mass is 466 g/mol. The summed E-state index contributed by atoms with van der Waals surface area (Å²) in [5.41, 5.74) is 1.55. The highest BCUT2D eigenvalue weighted by atomic mass is 16.2. The molecule has 4 heterocycles. The van der Waals surface area contributed by atoms with E-state index in [0.29, 0.717) is 17.0 Å². The molecule has 0 saturated carbocycles. The van der Waals surface area contributed by atoms with Gasteiger partial charge in [-0.15, -0.1) is 0 Å². The summed E-state index contributed by atoms with van der Waals surface area (Å²) < 4.78 is 0. The molecular formula is C25H30N4O5. The Morgan fingerprint density at radius 1 is 0.882 bits per heavy atom. The van der Waals surface area contributed by atoms with E-state index >= 15 is 0 Å². The van der Waals surface area contributed by atoms with Gasteiger partial charge >= 0.3 is 0 Å². The Morgan fingerprint density at radius 2 is 1.59 bits per heavy atom. The summed E-state index contributed by atoms with van der Waals surface area (Å²) >= 11 is 0. The van der Waals surface area contributed by atoms with Crippen LogP contribution >= 0.6 is 0 Å². The van der Waals surface area contributed by atoms with Gasteiger partial charge in [-0.25, -0.2) is 0 Å². The van der Waals surface area contributed by atoms with Crippen LogP contribution in [0.5, 0.6) is 0 Å². The molecule has 4 aliphatic heterocycles. The van der Waals surface area contributed by atoms with Crippen molar-refractivity contribution < 1.29 is 24.0 Å². The SMILES string of the molecule is O=CC1CCN(CC2CCN(c3ccc4c(c3)C(=O)N(C3CCC(=O)NC3=O)C4=O)CC2)CC1. The highest BCUT2D eigenvalue weighted by Gasteiger charge is 2.44. The van der Waals surface area contributed by atoms with E-state index in [1.54, 1.807) is 12.1 Å². The number of fused-ring (bicyclic) bond motifs is 1. The molecular weight excluding hydrogens is 436 g/mol. The molecule has 3 saturated heterocycles. The van der Waals surface area contributed by atoms with Crippen molar-refractivity contribution in [1.82, 2.24) is 15.1 Å². The van der Waals surface area contributed by atoms with Gasteiger partial charge in [0.25, 0.3) is 11.8 Å². The number of hydrogen-bond donors (Lipinski definition) is 1. The minimum absolute atomic E-state index is 0.110. The number of rotatable bonds is 5. The fraction of sp³-hybridized carbons (Fsp3) is 0.560. The lowest BCUT2D eigenvalue weighted by Gasteiger charge is -2.37. The number of amides is 4. The Hall–Kier alpha value is -3.07. The molecule has 9 nitrogen and oxygen atoms in total. The van der Waals surface area contributed by atoms with Crippen LogP contribution in [0.2, 0.25) is 0 Å². The number of carbonyl (C=O) groups is 5. The largest absolute Gasteiger partial charge is 0.371 e. The van der Waals surface area contributed by atoms with E-state index in [1.165, 1.54) is 0 Å². The smallest absolute Gasteiger partial charge is 0.262 e. The topological polar surface area (TPSA) is 107 Å². The van der Waals surface area contributed by atoms with Gasteiger partial charge in [0.2, 0.25) is 11.8 Å². The molecule has 9 heteroatoms. The average Bonchev–Trinajstić information content (AvgIpc) is 3.09. The summed E-state index contributed by atoms with van der Waals surface area (Å²) in [6, 6.07) is 4.38. The van der Waals surface area contributed by atoms with Gasteiger partial charge in [-0.05, 0) is 69.3 Å². The number of hydrogen-bond acceptors (Lipinski definition) is 7. The normalized spacial score (nSPS) is 25.0. The van der Waals surface area contributed by atoms with Crippen molar-refractivity contribution in [3.8, 4) is 0 Å². The van der Waals surface area contributed by atoms with Gasteiger partial charge in [0.05, 0.1) is 11.1 Å². The van der Waals surface area contributed by atoms with E-state index in [4.69, 9.17) is 0 Å². The summed E-state index contributed by atoms with van der Waals surface area (Å²) in [4.78, 5) is 66.4. The van der Waals surface area contributed by atoms with Crippen LogP contribution in [-0.4, -0.2) is 78.5 Å². The maximum atomic E-state index is 13.1. The molecule has 5 rings (SSSR count). The van der Waals surface area contributed by atoms with Crippen LogP contribution in [0.3, 0.4) is 0 Å². The van der Waals surface area contributed by atoms with Crippen molar-refractivity contribution in [2.24, 2.45) is 11.8 Å². The minimum atomic E-state index is -0.944. The zero-order valence-electron chi connectivity index (χ0n) is 19.2. The lowest BCUT2D eigenvalue weighted by atomic mass is 9.93. The van der Waals surface area contributed by atoms with Gasteiger partial charge in [-0.3, -0.25) is 29.4 Å². The molecule has 1 unspecified atom stereocenters. The Bertz CT molecular complexity index is 1020. The molecule has 1 N–H and O–H groups in total. The Morgan fingerprint density at radius 3 is 2.26 bits per heavy atom. The van der Waals surface area contributed by atoms with Gasteiger partial charge in [0.1, 0.15) is 12.3 Å². The Balaban J connectivity index is 1.21. The average molecular weight is 467 g/mol. The van der Waals surface area contributed by atoms with Crippen LogP contribution in [0.1, 0.15) is 59.2 Å². The third-order valence-electron chi connectivity index (χ3n) is 7.74. The van der Waals surface area contributed by atoms with E-state index < -0.39 is 23.8 Å². The molecule has 1 aromatic carbocycles. The van der Waals surface area contributed by atoms with Crippen molar-refractivity contribution in [1.29, 1.82) is 0 Å². The number of aldehydes is 1. The summed E-state index contributed by atoms with van der Waals surface area (Å²) in [7, 11) is 0. The standard InChI is InChI=1S/C25H30N4O5/c30-15-17-5-9-27(10-6-17)14-16-7-11-28(12-8-16)18-1-2-19-20(13-18)25(34)29(24(19)33)21-3-4-22(31)26-23(21)32/h1-2,13,15-17,21H,3-12,14H2,(H,26,31,32). The molecule has 1 aromatic rings. The zero-order valence-corrected chi connectivity index (χ0v) is 19.2. The van der Waals surface area contributed by atoms with E-state index in [0.717, 1.165) is 75.3 Å². The molecule has 0 spiro atoms. The van der Waals surface area contributed by atoms with Crippen molar-refractivity contribution in [3.63, 3.8) is 0 Å². The van der Waals surface area contributed by atoms with Gasteiger partial charge in [-0.2, -0.15) is 0 Å². The van der Waals surface area contributed by atoms with Crippen LogP contribution in [0.4, 0.5) is 5.69 Å². The molecule has 0 aromatic heterocycles. The van der Waals surface area contributed by atoms with E-state index in [2.05, 4.69) is 15.1 Å². The summed E-state index contributed by atoms with van der Waals surface area (Å²) in [6.45, 7) is 4.82. The van der Waals surface area contributed by atoms with Gasteiger partial charge < -0.3 is 14.6 Å². The molecule has 4 aliphatic rings. The Labute approximate surface area is 198 Å². The van der Waals surface area contributed by atoms with Crippen molar-refractivity contribution >= 4 is 35.6 Å². The van der Waals surface area contributed by atoms with E-state index in [9.17, 15) is 24.0 Å². The molecule has 0 aliphatic carbocycles. The predicted octanol–water partition coefficient (Wildman–Crippen LogP) is 1.22. The zero-order chi connectivity index (χ0) is 23.8. The number of carbonyl (C=O) groups excluding carboxylic acids is 5. The summed E-state index contributed by atoms with van der Waals surface area (Å²) in [5.74, 6) is -1.08. The maximum absolute atomic E-state index is 13.1. The second-order valence-corrected chi connectivity index (χ2v) is 9.88. The third-order valence-corrected chi connectivity index (χ3v) is 7.74. The summed E-state index contributed by atoms with van der Waals surface area (Å²) in [5, 5.41) is 2.22. The number of imide groups is 2. The Kier molecular flexibility index (Phi) is 6.20. The highest BCUT2D eigenvalue weighted by Crippen LogP contribution is 2.32. The summed E-state index contributed by atoms with van der Waals surface area (Å²) in [6.07, 6.45) is 5.39. The second-order valence-electron chi connectivity index (χ2n) is 9.88. The fourth-order valence-corrected chi connectivity index (χ4v) is 5.67. The maximum Gasteiger partial charge on any atom is 0.262 e. The first-order valence-electron chi connectivity index (χ1n) is 12.2. The van der Waals surface area contributed by atoms with Gasteiger partial charge in [-0.1, -0.05) is 0 Å². The number of nitrogens with zero attached hydrogens (tertiary/aromatic N) is 3. The molecule has 0 radical (unpaired) electrons. The van der Waals surface area contributed by atoms with Gasteiger partial charge in [0, 0.05) is 37.7 Å². The number of nitrogens with one attached hydrogen (secondary N) is 1. The first-order chi connectivity index (χ1) is 16.4. The second kappa shape index (κ2) is 9.29. The van der Waals surface area contributed by atoms with Crippen LogP contribution in [0.25, 0.3) is 0 Å². The quantitative estimate of drug-likeness (QED) is 0.514. The van der Waals surface area contributed by atoms with Crippen LogP contribution in [-0.2, 0) is 14.4 Å². The molecule has 4 amide bonds. The highest BCUT2D eigenvalue weighted by molar-refractivity contribution is 6.23. The number of anilines is 1. The molecule has 0 bridgehead atoms. The van der Waals surface area contributed by atoms with Crippen molar-refractivity contribution in [3.05, 3.63) is 29.3 Å². The van der Waals surface area contributed by atoms with Crippen LogP contribution < -0.4 is 10.2 Å². The predicted molar refractivity (Wildman–Crippen MR) is 123 cm³/mol. The number of likely N-dealkylation sites (tertiary alicyclic amines) is 1. The minimum Gasteiger partial charge on any atom is -0.371 e. The van der Waals surface area contributed by atoms with Crippen molar-refractivity contribution in [2.45, 2.75) is 44.6 Å². The fourth-order valence-electron chi connectivity index (χ4n) is 5.67. The number of benzene rings is 1. The van der Waals surface area contributed by atoms with Crippen LogP contribution in [0, 0.1) is 11.8 Å². The molecule has 1 atom stereocenters. The molecule has 34 heavy (non-hydrogen) atoms. The van der Waals surface area contributed by atoms with Crippen LogP contribution in [0.15, 0.2) is 18.2 Å².